The quantitative estimate of drug-likeness (QED) is 0.0491. The number of benzene rings is 2. The molecule has 18 heteroatoms. The number of rotatable bonds is 21. The van der Waals surface area contributed by atoms with Gasteiger partial charge in [-0.15, -0.1) is 0 Å². The maximum absolute atomic E-state index is 12.2. The minimum atomic E-state index is -4.73. The Balaban J connectivity index is 1.75. The summed E-state index contributed by atoms with van der Waals surface area (Å²) < 4.78 is 105. The molecule has 1 unspecified atom stereocenters. The molecular formula is C39H50N2O13S3. The summed E-state index contributed by atoms with van der Waals surface area (Å²) in [6.45, 7) is 6.35. The molecule has 4 rings (SSSR count). The van der Waals surface area contributed by atoms with Crippen molar-refractivity contribution in [3.05, 3.63) is 83.6 Å². The van der Waals surface area contributed by atoms with Crippen molar-refractivity contribution in [2.24, 2.45) is 0 Å². The van der Waals surface area contributed by atoms with Crippen LogP contribution in [0.2, 0.25) is 0 Å². The van der Waals surface area contributed by atoms with E-state index in [0.717, 1.165) is 11.4 Å². The second-order valence-electron chi connectivity index (χ2n) is 15.0. The van der Waals surface area contributed by atoms with Gasteiger partial charge in [0.25, 0.3) is 20.2 Å². The van der Waals surface area contributed by atoms with E-state index < -0.39 is 58.9 Å². The van der Waals surface area contributed by atoms with Crippen LogP contribution in [-0.4, -0.2) is 90.2 Å². The molecule has 312 valence electrons. The number of fused-ring (bicyclic) bond motifs is 2. The van der Waals surface area contributed by atoms with Crippen molar-refractivity contribution in [3.8, 4) is 0 Å². The lowest BCUT2D eigenvalue weighted by Crippen LogP contribution is -2.30. The van der Waals surface area contributed by atoms with Crippen LogP contribution in [0.3, 0.4) is 0 Å². The number of hydrogen-bond donors (Lipinski definition) is 4. The summed E-state index contributed by atoms with van der Waals surface area (Å²) >= 11 is 0. The molecule has 0 amide bonds. The number of hydrogen-bond acceptors (Lipinski definition) is 10. The molecule has 0 saturated carbocycles. The molecule has 0 aliphatic carbocycles. The smallest absolute Gasteiger partial charge is 0.303 e. The van der Waals surface area contributed by atoms with Gasteiger partial charge in [-0.3, -0.25) is 18.7 Å². The molecular weight excluding hydrogens is 801 g/mol. The fourth-order valence-corrected chi connectivity index (χ4v) is 9.16. The van der Waals surface area contributed by atoms with Crippen LogP contribution in [0.15, 0.2) is 82.3 Å². The van der Waals surface area contributed by atoms with Gasteiger partial charge >= 0.3 is 11.9 Å². The Hall–Kier alpha value is -4.20. The maximum Gasteiger partial charge on any atom is 0.303 e. The van der Waals surface area contributed by atoms with Gasteiger partial charge in [0.1, 0.15) is 16.7 Å². The van der Waals surface area contributed by atoms with Crippen molar-refractivity contribution in [3.63, 3.8) is 0 Å². The van der Waals surface area contributed by atoms with E-state index in [1.54, 1.807) is 24.3 Å². The lowest BCUT2D eigenvalue weighted by atomic mass is 9.77. The summed E-state index contributed by atoms with van der Waals surface area (Å²) in [5.74, 6) is -2.32. The van der Waals surface area contributed by atoms with Gasteiger partial charge in [0, 0.05) is 60.3 Å². The molecule has 0 aromatic heterocycles. The number of carbonyl (C=O) groups is 2. The first-order chi connectivity index (χ1) is 26.5. The van der Waals surface area contributed by atoms with E-state index in [0.29, 0.717) is 74.0 Å². The van der Waals surface area contributed by atoms with Crippen LogP contribution in [0.1, 0.15) is 96.1 Å². The summed E-state index contributed by atoms with van der Waals surface area (Å²) in [5, 5.41) is 18.2. The van der Waals surface area contributed by atoms with Gasteiger partial charge in [0.2, 0.25) is 5.69 Å². The maximum atomic E-state index is 12.2. The molecule has 4 N–H and O–H groups in total. The van der Waals surface area contributed by atoms with Crippen LogP contribution in [0.5, 0.6) is 0 Å². The fourth-order valence-electron chi connectivity index (χ4n) is 7.66. The average molecular weight is 851 g/mol. The normalized spacial score (nSPS) is 18.9. The summed E-state index contributed by atoms with van der Waals surface area (Å²) in [6, 6.07) is 8.44. The SMILES string of the molecule is CC1(C)C(/C=C/C=C/C=C2\N(CCCS(=O)(=O)O)c3ccc(S(=O)(=O)O)cc3C2(C)CCCCCC(=O)O)=[N+](CCCCCC(=O)O)c2ccc(S(=O)(=O)[O-])cc21. The van der Waals surface area contributed by atoms with Gasteiger partial charge in [-0.25, -0.2) is 8.42 Å². The van der Waals surface area contributed by atoms with Crippen LogP contribution < -0.4 is 4.90 Å². The minimum Gasteiger partial charge on any atom is -0.744 e. The topological polar surface area (TPSA) is 247 Å². The third-order valence-corrected chi connectivity index (χ3v) is 13.0. The van der Waals surface area contributed by atoms with Crippen LogP contribution in [0.25, 0.3) is 0 Å². The highest BCUT2D eigenvalue weighted by Gasteiger charge is 2.45. The first kappa shape index (κ1) is 45.5. The van der Waals surface area contributed by atoms with Crippen molar-refractivity contribution in [2.75, 3.05) is 23.7 Å². The van der Waals surface area contributed by atoms with Gasteiger partial charge in [-0.2, -0.15) is 21.4 Å². The summed E-state index contributed by atoms with van der Waals surface area (Å²) in [7, 11) is -13.6. The number of carboxylic acids is 2. The lowest BCUT2D eigenvalue weighted by molar-refractivity contribution is -0.438. The molecule has 2 heterocycles. The van der Waals surface area contributed by atoms with Gasteiger partial charge in [-0.1, -0.05) is 31.1 Å². The molecule has 2 aliphatic rings. The molecule has 0 fully saturated rings. The number of nitrogens with zero attached hydrogens (tertiary/aromatic N) is 2. The number of aliphatic carboxylic acids is 2. The Bertz CT molecular complexity index is 2330. The molecule has 2 aromatic carbocycles. The average Bonchev–Trinajstić information content (AvgIpc) is 3.45. The molecule has 1 atom stereocenters. The van der Waals surface area contributed by atoms with Crippen LogP contribution in [0.4, 0.5) is 11.4 Å². The van der Waals surface area contributed by atoms with E-state index in [1.165, 1.54) is 30.3 Å². The monoisotopic (exact) mass is 850 g/mol. The van der Waals surface area contributed by atoms with Crippen LogP contribution in [0, 0.1) is 0 Å². The van der Waals surface area contributed by atoms with Gasteiger partial charge in [0.15, 0.2) is 5.71 Å². The molecule has 0 spiro atoms. The van der Waals surface area contributed by atoms with E-state index in [4.69, 9.17) is 10.2 Å². The molecule has 2 aromatic rings. The predicted molar refractivity (Wildman–Crippen MR) is 212 cm³/mol. The molecule has 0 saturated heterocycles. The third kappa shape index (κ3) is 11.5. The Kier molecular flexibility index (Phi) is 14.5. The third-order valence-electron chi connectivity index (χ3n) is 10.5. The summed E-state index contributed by atoms with van der Waals surface area (Å²) in [6.07, 6.45) is 12.8. The van der Waals surface area contributed by atoms with Gasteiger partial charge in [0.05, 0.1) is 21.0 Å². The van der Waals surface area contributed by atoms with E-state index in [-0.39, 0.29) is 35.6 Å². The van der Waals surface area contributed by atoms with Crippen LogP contribution >= 0.6 is 0 Å². The van der Waals surface area contributed by atoms with Crippen molar-refractivity contribution in [1.82, 2.24) is 0 Å². The highest BCUT2D eigenvalue weighted by molar-refractivity contribution is 7.86. The Labute approximate surface area is 334 Å². The number of carboxylic acid groups (broad SMARTS) is 2. The second kappa shape index (κ2) is 18.2. The standard InChI is InChI=1S/C39H50N2O13S3/c1-38(2)30-26-28(56(49,50)51)18-20-32(30)40(23-12-6-10-17-37(44)45)34(38)14-7-4-8-15-35-39(3,22-11-5-9-16-36(42)43)31-27-29(57(52,53)54)19-21-33(31)41(35)24-13-25-55(46,47)48/h4,7-8,14-15,18-21,26-27H,5-6,9-13,16-17,22-25H2,1-3H3,(H4-,42,43,44,45,46,47,48,49,50,51,52,53,54). The van der Waals surface area contributed by atoms with E-state index in [2.05, 4.69) is 0 Å². The number of allylic oxidation sites excluding steroid dienone is 6. The Morgan fingerprint density at radius 1 is 0.772 bits per heavy atom. The van der Waals surface area contributed by atoms with Crippen molar-refractivity contribution in [2.45, 2.75) is 106 Å². The highest BCUT2D eigenvalue weighted by Crippen LogP contribution is 2.51. The van der Waals surface area contributed by atoms with Gasteiger partial charge < -0.3 is 19.7 Å². The highest BCUT2D eigenvalue weighted by atomic mass is 32.2. The zero-order chi connectivity index (χ0) is 42.4. The van der Waals surface area contributed by atoms with Crippen molar-refractivity contribution >= 4 is 59.4 Å². The molecule has 15 nitrogen and oxygen atoms in total. The number of unbranched alkanes of at least 4 members (excludes halogenated alkanes) is 4. The zero-order valence-corrected chi connectivity index (χ0v) is 34.6. The summed E-state index contributed by atoms with van der Waals surface area (Å²) in [5.41, 5.74) is 2.40. The number of anilines is 1. The van der Waals surface area contributed by atoms with E-state index in [9.17, 15) is 48.5 Å². The Morgan fingerprint density at radius 3 is 1.98 bits per heavy atom. The second-order valence-corrected chi connectivity index (χ2v) is 19.4. The fraction of sp³-hybridized carbons (Fsp3) is 0.462. The lowest BCUT2D eigenvalue weighted by Gasteiger charge is -2.30. The molecule has 0 radical (unpaired) electrons. The summed E-state index contributed by atoms with van der Waals surface area (Å²) in [4.78, 5) is 23.3. The minimum absolute atomic E-state index is 0.0122. The molecule has 57 heavy (non-hydrogen) atoms. The van der Waals surface area contributed by atoms with Crippen molar-refractivity contribution in [1.29, 1.82) is 0 Å². The van der Waals surface area contributed by atoms with Crippen molar-refractivity contribution < 1.29 is 63.3 Å². The first-order valence-electron chi connectivity index (χ1n) is 18.6. The van der Waals surface area contributed by atoms with Gasteiger partial charge in [-0.05, 0) is 94.8 Å². The molecule has 2 aliphatic heterocycles. The predicted octanol–water partition coefficient (Wildman–Crippen LogP) is 5.95. The molecule has 0 bridgehead atoms. The van der Waals surface area contributed by atoms with Crippen LogP contribution in [-0.2, 0) is 50.8 Å². The Morgan fingerprint density at radius 2 is 1.39 bits per heavy atom. The van der Waals surface area contributed by atoms with E-state index in [1.807, 2.05) is 42.4 Å². The van der Waals surface area contributed by atoms with E-state index >= 15 is 0 Å². The zero-order valence-electron chi connectivity index (χ0n) is 32.1. The largest absolute Gasteiger partial charge is 0.744 e. The first-order valence-corrected chi connectivity index (χ1v) is 23.0.